The van der Waals surface area contributed by atoms with Crippen LogP contribution in [0, 0.1) is 11.3 Å². The van der Waals surface area contributed by atoms with E-state index in [9.17, 15) is 38.1 Å². The Balaban J connectivity index is 2.27. The predicted molar refractivity (Wildman–Crippen MR) is 143 cm³/mol. The third-order valence-corrected chi connectivity index (χ3v) is 5.49. The van der Waals surface area contributed by atoms with Gasteiger partial charge in [0.05, 0.1) is 6.07 Å². The molecule has 0 radical (unpaired) electrons. The quantitative estimate of drug-likeness (QED) is 0.296. The molecule has 41 heavy (non-hydrogen) atoms. The number of nitrogens with zero attached hydrogens (tertiary/aromatic N) is 1. The van der Waals surface area contributed by atoms with E-state index in [2.05, 4.69) is 15.4 Å². The van der Waals surface area contributed by atoms with Gasteiger partial charge in [-0.05, 0) is 75.5 Å². The van der Waals surface area contributed by atoms with Crippen LogP contribution in [-0.2, 0) is 17.7 Å². The van der Waals surface area contributed by atoms with Gasteiger partial charge in [0.25, 0.3) is 5.91 Å². The number of hydrogen-bond acceptors (Lipinski definition) is 8. The Bertz CT molecular complexity index is 1260. The summed E-state index contributed by atoms with van der Waals surface area (Å²) in [6.07, 6.45) is -4.43. The van der Waals surface area contributed by atoms with E-state index in [-0.39, 0.29) is 28.9 Å². The van der Waals surface area contributed by atoms with Crippen molar-refractivity contribution in [3.8, 4) is 17.6 Å². The molecule has 0 aliphatic rings. The van der Waals surface area contributed by atoms with Crippen LogP contribution in [0.2, 0.25) is 0 Å². The maximum Gasteiger partial charge on any atom is 0.573 e. The Kier molecular flexibility index (Phi) is 11.0. The summed E-state index contributed by atoms with van der Waals surface area (Å²) in [5.74, 6) is -1.15. The van der Waals surface area contributed by atoms with E-state index in [0.29, 0.717) is 18.4 Å². The molecule has 0 saturated heterocycles. The Morgan fingerprint density at radius 1 is 1.05 bits per heavy atom. The lowest BCUT2D eigenvalue weighted by Crippen LogP contribution is -2.49. The lowest BCUT2D eigenvalue weighted by Gasteiger charge is -2.26. The molecule has 0 bridgehead atoms. The molecule has 2 aromatic carbocycles. The highest BCUT2D eigenvalue weighted by atomic mass is 19.4. The highest BCUT2D eigenvalue weighted by molar-refractivity contribution is 6.60. The summed E-state index contributed by atoms with van der Waals surface area (Å²) in [6, 6.07) is 9.28. The van der Waals surface area contributed by atoms with Crippen LogP contribution in [0.5, 0.6) is 11.5 Å². The first-order chi connectivity index (χ1) is 19.0. The van der Waals surface area contributed by atoms with Gasteiger partial charge < -0.3 is 34.9 Å². The Hall–Kier alpha value is -3.96. The van der Waals surface area contributed by atoms with Crippen LogP contribution < -0.4 is 25.6 Å². The molecule has 0 aromatic heterocycles. The fraction of sp³-hybridized carbons (Fsp3) is 0.444. The third kappa shape index (κ3) is 10.5. The highest BCUT2D eigenvalue weighted by Gasteiger charge is 2.32. The molecule has 2 amide bonds. The van der Waals surface area contributed by atoms with Crippen molar-refractivity contribution in [1.82, 2.24) is 10.6 Å². The number of hydrogen-bond donors (Lipinski definition) is 4. The standard InChI is InChI=1S/C27H33BF3N3O7/c1-6-7-17-10-13-21(20(22(17)28(37)38)14-33-24(36)41-25(2,3)4)39-16-26(5,15-32)34-23(35)18-8-11-19(12-9-18)40-27(29,30)31/h8-13,37-38H,6-7,14,16H2,1-5H3,(H,33,36)(H,34,35). The summed E-state index contributed by atoms with van der Waals surface area (Å²) in [5.41, 5.74) is -1.43. The number of amides is 2. The Labute approximate surface area is 236 Å². The van der Waals surface area contributed by atoms with E-state index in [4.69, 9.17) is 9.47 Å². The zero-order chi connectivity index (χ0) is 31.0. The molecule has 4 N–H and O–H groups in total. The SMILES string of the molecule is CCCc1ccc(OCC(C)(C#N)NC(=O)c2ccc(OC(F)(F)F)cc2)c(CNC(=O)OC(C)(C)C)c1B(O)O. The van der Waals surface area contributed by atoms with Crippen LogP contribution in [-0.4, -0.2) is 53.3 Å². The summed E-state index contributed by atoms with van der Waals surface area (Å²) in [6.45, 7) is 7.75. The number of nitriles is 1. The fourth-order valence-corrected chi connectivity index (χ4v) is 3.74. The molecular formula is C27H33BF3N3O7. The first-order valence-electron chi connectivity index (χ1n) is 12.7. The molecule has 0 saturated carbocycles. The number of nitrogens with one attached hydrogen (secondary N) is 2. The number of rotatable bonds is 11. The molecule has 0 aliphatic carbocycles. The number of carbonyl (C=O) groups excluding carboxylic acids is 2. The van der Waals surface area contributed by atoms with Crippen LogP contribution in [0.1, 0.15) is 62.5 Å². The zero-order valence-corrected chi connectivity index (χ0v) is 23.4. The first kappa shape index (κ1) is 33.3. The number of aryl methyl sites for hydroxylation is 1. The van der Waals surface area contributed by atoms with E-state index in [1.54, 1.807) is 32.9 Å². The molecule has 10 nitrogen and oxygen atoms in total. The van der Waals surface area contributed by atoms with Crippen LogP contribution in [0.25, 0.3) is 0 Å². The number of benzene rings is 2. The van der Waals surface area contributed by atoms with Gasteiger partial charge in [-0.15, -0.1) is 13.2 Å². The van der Waals surface area contributed by atoms with Crippen LogP contribution in [0.15, 0.2) is 36.4 Å². The second-order valence-corrected chi connectivity index (χ2v) is 10.4. The van der Waals surface area contributed by atoms with Gasteiger partial charge in [-0.1, -0.05) is 19.4 Å². The van der Waals surface area contributed by atoms with Crippen molar-refractivity contribution in [2.75, 3.05) is 6.61 Å². The van der Waals surface area contributed by atoms with Crippen LogP contribution in [0.3, 0.4) is 0 Å². The minimum Gasteiger partial charge on any atom is -0.490 e. The van der Waals surface area contributed by atoms with Crippen molar-refractivity contribution >= 4 is 24.6 Å². The van der Waals surface area contributed by atoms with Gasteiger partial charge in [0, 0.05) is 17.7 Å². The van der Waals surface area contributed by atoms with Crippen molar-refractivity contribution < 1.29 is 47.0 Å². The van der Waals surface area contributed by atoms with E-state index < -0.39 is 49.0 Å². The summed E-state index contributed by atoms with van der Waals surface area (Å²) in [7, 11) is -1.90. The van der Waals surface area contributed by atoms with Gasteiger partial charge in [0.15, 0.2) is 5.54 Å². The van der Waals surface area contributed by atoms with Crippen LogP contribution in [0.4, 0.5) is 18.0 Å². The fourth-order valence-electron chi connectivity index (χ4n) is 3.74. The summed E-state index contributed by atoms with van der Waals surface area (Å²) in [5, 5.41) is 35.2. The molecule has 1 unspecified atom stereocenters. The number of alkyl carbamates (subject to hydrolysis) is 1. The lowest BCUT2D eigenvalue weighted by molar-refractivity contribution is -0.274. The van der Waals surface area contributed by atoms with Crippen molar-refractivity contribution in [1.29, 1.82) is 5.26 Å². The second-order valence-electron chi connectivity index (χ2n) is 10.4. The average Bonchev–Trinajstić information content (AvgIpc) is 2.85. The first-order valence-corrected chi connectivity index (χ1v) is 12.7. The van der Waals surface area contributed by atoms with Crippen molar-refractivity contribution in [2.45, 2.75) is 71.5 Å². The van der Waals surface area contributed by atoms with E-state index in [1.165, 1.54) is 6.92 Å². The average molecular weight is 579 g/mol. The summed E-state index contributed by atoms with van der Waals surface area (Å²) < 4.78 is 52.1. The monoisotopic (exact) mass is 579 g/mol. The van der Waals surface area contributed by atoms with Gasteiger partial charge in [-0.2, -0.15) is 5.26 Å². The molecule has 222 valence electrons. The van der Waals surface area contributed by atoms with Gasteiger partial charge in [-0.3, -0.25) is 4.79 Å². The number of alkyl halides is 3. The molecule has 2 aromatic rings. The normalized spacial score (nSPS) is 12.9. The maximum absolute atomic E-state index is 12.7. The number of carbonyl (C=O) groups is 2. The molecular weight excluding hydrogens is 546 g/mol. The third-order valence-electron chi connectivity index (χ3n) is 5.49. The van der Waals surface area contributed by atoms with Crippen LogP contribution >= 0.6 is 0 Å². The zero-order valence-electron chi connectivity index (χ0n) is 23.4. The molecule has 14 heteroatoms. The lowest BCUT2D eigenvalue weighted by atomic mass is 9.72. The van der Waals surface area contributed by atoms with E-state index >= 15 is 0 Å². The number of ether oxygens (including phenoxy) is 3. The molecule has 1 atom stereocenters. The van der Waals surface area contributed by atoms with E-state index in [0.717, 1.165) is 24.3 Å². The molecule has 2 rings (SSSR count). The summed E-state index contributed by atoms with van der Waals surface area (Å²) >= 11 is 0. The van der Waals surface area contributed by atoms with E-state index in [1.807, 2.05) is 13.0 Å². The maximum atomic E-state index is 12.7. The molecule has 0 aliphatic heterocycles. The smallest absolute Gasteiger partial charge is 0.490 e. The summed E-state index contributed by atoms with van der Waals surface area (Å²) in [4.78, 5) is 25.0. The highest BCUT2D eigenvalue weighted by Crippen LogP contribution is 2.24. The molecule has 0 fully saturated rings. The Morgan fingerprint density at radius 3 is 2.20 bits per heavy atom. The van der Waals surface area contributed by atoms with Gasteiger partial charge in [-0.25, -0.2) is 4.79 Å². The molecule has 0 heterocycles. The predicted octanol–water partition coefficient (Wildman–Crippen LogP) is 3.33. The Morgan fingerprint density at radius 2 is 1.68 bits per heavy atom. The molecule has 0 spiro atoms. The topological polar surface area (TPSA) is 150 Å². The number of halogens is 3. The van der Waals surface area contributed by atoms with Gasteiger partial charge in [0.1, 0.15) is 23.7 Å². The minimum absolute atomic E-state index is 0.0298. The minimum atomic E-state index is -4.89. The van der Waals surface area contributed by atoms with Gasteiger partial charge in [0.2, 0.25) is 0 Å². The largest absolute Gasteiger partial charge is 0.573 e. The van der Waals surface area contributed by atoms with Crippen molar-refractivity contribution in [3.05, 3.63) is 53.1 Å². The second kappa shape index (κ2) is 13.6. The van der Waals surface area contributed by atoms with Gasteiger partial charge >= 0.3 is 19.6 Å². The van der Waals surface area contributed by atoms with Crippen molar-refractivity contribution in [2.24, 2.45) is 0 Å². The van der Waals surface area contributed by atoms with Crippen molar-refractivity contribution in [3.63, 3.8) is 0 Å².